The van der Waals surface area contributed by atoms with E-state index >= 15 is 0 Å². The molecule has 4 rings (SSSR count). The zero-order valence-electron chi connectivity index (χ0n) is 15.9. The molecule has 28 heavy (non-hydrogen) atoms. The van der Waals surface area contributed by atoms with Gasteiger partial charge in [0.15, 0.2) is 0 Å². The maximum absolute atomic E-state index is 13.2. The molecule has 1 heterocycles. The summed E-state index contributed by atoms with van der Waals surface area (Å²) in [4.78, 5) is 19.8. The van der Waals surface area contributed by atoms with Crippen molar-refractivity contribution in [2.75, 3.05) is 6.54 Å². The van der Waals surface area contributed by atoms with Gasteiger partial charge in [-0.2, -0.15) is 0 Å². The number of aromatic nitrogens is 2. The van der Waals surface area contributed by atoms with Gasteiger partial charge in [-0.25, -0.2) is 4.98 Å². The van der Waals surface area contributed by atoms with E-state index in [-0.39, 0.29) is 5.91 Å². The smallest absolute Gasteiger partial charge is 0.254 e. The quantitative estimate of drug-likeness (QED) is 0.488. The van der Waals surface area contributed by atoms with E-state index in [1.807, 2.05) is 23.1 Å². The maximum atomic E-state index is 13.2. The Balaban J connectivity index is 1.65. The molecule has 0 spiro atoms. The molecule has 1 amide bonds. The molecule has 1 saturated carbocycles. The molecule has 4 nitrogen and oxygen atoms in total. The molecule has 1 aliphatic rings. The number of carbonyl (C=O) groups excluding carboxylic acids is 1. The van der Waals surface area contributed by atoms with Crippen LogP contribution in [-0.2, 0) is 13.1 Å². The largest absolute Gasteiger partial charge is 0.331 e. The molecule has 0 atom stereocenters. The van der Waals surface area contributed by atoms with Gasteiger partial charge in [0, 0.05) is 18.7 Å². The SMILES string of the molecule is CCCN(Cc1nc2ccccc2n1CC1CC1)C(=O)c1ccc(Cl)c(Cl)c1. The Labute approximate surface area is 175 Å². The molecule has 0 bridgehead atoms. The van der Waals surface area contributed by atoms with Gasteiger partial charge in [-0.15, -0.1) is 0 Å². The molecule has 0 unspecified atom stereocenters. The molecule has 0 N–H and O–H groups in total. The second-order valence-corrected chi connectivity index (χ2v) is 8.24. The first kappa shape index (κ1) is 19.3. The van der Waals surface area contributed by atoms with Gasteiger partial charge >= 0.3 is 0 Å². The topological polar surface area (TPSA) is 38.1 Å². The fraction of sp³-hybridized carbons (Fsp3) is 0.364. The van der Waals surface area contributed by atoms with Gasteiger partial charge in [-0.1, -0.05) is 42.3 Å². The summed E-state index contributed by atoms with van der Waals surface area (Å²) in [6.07, 6.45) is 3.41. The maximum Gasteiger partial charge on any atom is 0.254 e. The number of hydrogen-bond donors (Lipinski definition) is 0. The highest BCUT2D eigenvalue weighted by Crippen LogP contribution is 2.33. The Morgan fingerprint density at radius 2 is 1.96 bits per heavy atom. The number of fused-ring (bicyclic) bond motifs is 1. The Morgan fingerprint density at radius 1 is 1.18 bits per heavy atom. The van der Waals surface area contributed by atoms with E-state index < -0.39 is 0 Å². The molecule has 1 aromatic heterocycles. The summed E-state index contributed by atoms with van der Waals surface area (Å²) in [7, 11) is 0. The Kier molecular flexibility index (Phi) is 5.61. The van der Waals surface area contributed by atoms with E-state index in [4.69, 9.17) is 28.2 Å². The molecular weight excluding hydrogens is 393 g/mol. The van der Waals surface area contributed by atoms with E-state index in [0.29, 0.717) is 28.7 Å². The minimum absolute atomic E-state index is 0.0505. The molecule has 0 aliphatic heterocycles. The predicted octanol–water partition coefficient (Wildman–Crippen LogP) is 5.81. The van der Waals surface area contributed by atoms with Gasteiger partial charge in [0.2, 0.25) is 0 Å². The van der Waals surface area contributed by atoms with Crippen molar-refractivity contribution in [3.8, 4) is 0 Å². The normalized spacial score (nSPS) is 13.8. The summed E-state index contributed by atoms with van der Waals surface area (Å²) in [6, 6.07) is 13.2. The number of amides is 1. The van der Waals surface area contributed by atoms with Gasteiger partial charge in [-0.3, -0.25) is 4.79 Å². The molecule has 6 heteroatoms. The Morgan fingerprint density at radius 3 is 2.68 bits per heavy atom. The monoisotopic (exact) mass is 415 g/mol. The number of carbonyl (C=O) groups is 1. The number of benzene rings is 2. The van der Waals surface area contributed by atoms with Crippen LogP contribution in [0.1, 0.15) is 42.4 Å². The summed E-state index contributed by atoms with van der Waals surface area (Å²) in [5.41, 5.74) is 2.67. The summed E-state index contributed by atoms with van der Waals surface area (Å²) in [5.74, 6) is 1.61. The van der Waals surface area contributed by atoms with Gasteiger partial charge in [-0.05, 0) is 55.5 Å². The van der Waals surface area contributed by atoms with Gasteiger partial charge in [0.1, 0.15) is 5.82 Å². The minimum atomic E-state index is -0.0505. The van der Waals surface area contributed by atoms with Gasteiger partial charge in [0.05, 0.1) is 27.6 Å². The highest BCUT2D eigenvalue weighted by Gasteiger charge is 2.26. The number of para-hydroxylation sites is 2. The van der Waals surface area contributed by atoms with Crippen LogP contribution in [-0.4, -0.2) is 26.9 Å². The van der Waals surface area contributed by atoms with Crippen molar-refractivity contribution in [2.24, 2.45) is 5.92 Å². The van der Waals surface area contributed by atoms with Crippen LogP contribution in [0, 0.1) is 5.92 Å². The van der Waals surface area contributed by atoms with Crippen molar-refractivity contribution >= 4 is 40.1 Å². The third-order valence-corrected chi connectivity index (χ3v) is 5.89. The molecule has 2 aromatic carbocycles. The lowest BCUT2D eigenvalue weighted by Gasteiger charge is -2.23. The van der Waals surface area contributed by atoms with E-state index in [0.717, 1.165) is 35.7 Å². The fourth-order valence-corrected chi connectivity index (χ4v) is 3.81. The first-order valence-corrected chi connectivity index (χ1v) is 10.5. The number of imidazole rings is 1. The summed E-state index contributed by atoms with van der Waals surface area (Å²) in [6.45, 7) is 4.18. The number of rotatable bonds is 7. The van der Waals surface area contributed by atoms with Crippen molar-refractivity contribution < 1.29 is 4.79 Å². The van der Waals surface area contributed by atoms with E-state index in [2.05, 4.69) is 17.6 Å². The number of nitrogens with zero attached hydrogens (tertiary/aromatic N) is 3. The van der Waals surface area contributed by atoms with Crippen LogP contribution in [0.4, 0.5) is 0 Å². The second kappa shape index (κ2) is 8.14. The molecular formula is C22H23Cl2N3O. The van der Waals surface area contributed by atoms with Gasteiger partial charge in [0.25, 0.3) is 5.91 Å². The van der Waals surface area contributed by atoms with Crippen molar-refractivity contribution in [3.05, 3.63) is 63.9 Å². The zero-order chi connectivity index (χ0) is 19.7. The highest BCUT2D eigenvalue weighted by atomic mass is 35.5. The number of halogens is 2. The van der Waals surface area contributed by atoms with E-state index in [9.17, 15) is 4.79 Å². The van der Waals surface area contributed by atoms with Crippen LogP contribution in [0.25, 0.3) is 11.0 Å². The summed E-state index contributed by atoms with van der Waals surface area (Å²) in [5, 5.41) is 0.844. The minimum Gasteiger partial charge on any atom is -0.331 e. The summed E-state index contributed by atoms with van der Waals surface area (Å²) >= 11 is 12.1. The van der Waals surface area contributed by atoms with Crippen molar-refractivity contribution in [1.82, 2.24) is 14.5 Å². The lowest BCUT2D eigenvalue weighted by molar-refractivity contribution is 0.0737. The van der Waals surface area contributed by atoms with E-state index in [1.54, 1.807) is 18.2 Å². The average Bonchev–Trinajstić information content (AvgIpc) is 3.45. The molecule has 0 saturated heterocycles. The lowest BCUT2D eigenvalue weighted by Crippen LogP contribution is -2.32. The molecule has 1 fully saturated rings. The zero-order valence-corrected chi connectivity index (χ0v) is 17.4. The standard InChI is InChI=1S/C22H23Cl2N3O/c1-2-11-26(22(28)16-9-10-17(23)18(24)12-16)14-21-25-19-5-3-4-6-20(19)27(21)13-15-7-8-15/h3-6,9-10,12,15H,2,7-8,11,13-14H2,1H3. The first-order valence-electron chi connectivity index (χ1n) is 9.75. The first-order chi connectivity index (χ1) is 13.6. The second-order valence-electron chi connectivity index (χ2n) is 7.43. The Hall–Kier alpha value is -2.04. The van der Waals surface area contributed by atoms with Crippen molar-refractivity contribution in [2.45, 2.75) is 39.3 Å². The lowest BCUT2D eigenvalue weighted by atomic mass is 10.2. The molecule has 0 radical (unpaired) electrons. The van der Waals surface area contributed by atoms with Crippen molar-refractivity contribution in [1.29, 1.82) is 0 Å². The Bertz CT molecular complexity index is 1010. The third kappa shape index (κ3) is 4.03. The third-order valence-electron chi connectivity index (χ3n) is 5.15. The van der Waals surface area contributed by atoms with Crippen LogP contribution in [0.2, 0.25) is 10.0 Å². The van der Waals surface area contributed by atoms with Gasteiger partial charge < -0.3 is 9.47 Å². The fourth-order valence-electron chi connectivity index (χ4n) is 3.51. The van der Waals surface area contributed by atoms with Crippen molar-refractivity contribution in [3.63, 3.8) is 0 Å². The predicted molar refractivity (Wildman–Crippen MR) is 114 cm³/mol. The van der Waals surface area contributed by atoms with Crippen LogP contribution in [0.15, 0.2) is 42.5 Å². The molecule has 146 valence electrons. The van der Waals surface area contributed by atoms with Crippen LogP contribution in [0.3, 0.4) is 0 Å². The van der Waals surface area contributed by atoms with Crippen LogP contribution in [0.5, 0.6) is 0 Å². The summed E-state index contributed by atoms with van der Waals surface area (Å²) < 4.78 is 2.29. The number of hydrogen-bond acceptors (Lipinski definition) is 2. The molecule has 1 aliphatic carbocycles. The van der Waals surface area contributed by atoms with Crippen LogP contribution >= 0.6 is 23.2 Å². The molecule has 3 aromatic rings. The average molecular weight is 416 g/mol. The highest BCUT2D eigenvalue weighted by molar-refractivity contribution is 6.42. The van der Waals surface area contributed by atoms with Crippen LogP contribution < -0.4 is 0 Å². The van der Waals surface area contributed by atoms with E-state index in [1.165, 1.54) is 12.8 Å².